The lowest BCUT2D eigenvalue weighted by Gasteiger charge is -2.18. The highest BCUT2D eigenvalue weighted by Crippen LogP contribution is 2.25. The Hall–Kier alpha value is -1.03. The maximum Gasteiger partial charge on any atom is 0.246 e. The van der Waals surface area contributed by atoms with Crippen LogP contribution in [0, 0.1) is 0 Å². The first-order valence-corrected chi connectivity index (χ1v) is 7.43. The van der Waals surface area contributed by atoms with Crippen molar-refractivity contribution in [3.63, 3.8) is 0 Å². The second-order valence-electron chi connectivity index (χ2n) is 4.95. The van der Waals surface area contributed by atoms with Gasteiger partial charge >= 0.3 is 0 Å². The number of nitrogens with zero attached hydrogens (tertiary/aromatic N) is 2. The zero-order valence-electron chi connectivity index (χ0n) is 11.5. The summed E-state index contributed by atoms with van der Waals surface area (Å²) in [7, 11) is 2.08. The Kier molecular flexibility index (Phi) is 5.46. The second kappa shape index (κ2) is 7.11. The number of carbonyl (C=O) groups is 1. The van der Waals surface area contributed by atoms with Crippen LogP contribution >= 0.6 is 23.2 Å². The van der Waals surface area contributed by atoms with Crippen molar-refractivity contribution in [1.29, 1.82) is 0 Å². The molecule has 1 aliphatic heterocycles. The van der Waals surface area contributed by atoms with Gasteiger partial charge in [-0.05, 0) is 38.2 Å². The van der Waals surface area contributed by atoms with Crippen LogP contribution in [0.25, 0.3) is 6.08 Å². The minimum atomic E-state index is 0.0105. The lowest BCUT2D eigenvalue weighted by atomic mass is 10.2. The third-order valence-electron chi connectivity index (χ3n) is 3.42. The van der Waals surface area contributed by atoms with E-state index in [9.17, 15) is 4.79 Å². The van der Waals surface area contributed by atoms with Gasteiger partial charge in [0.25, 0.3) is 0 Å². The van der Waals surface area contributed by atoms with Crippen LogP contribution in [0.3, 0.4) is 0 Å². The smallest absolute Gasteiger partial charge is 0.246 e. The van der Waals surface area contributed by atoms with E-state index < -0.39 is 0 Å². The SMILES string of the molecule is CN1CCCN(C(=O)/C=C/c2c(Cl)cccc2Cl)CC1. The van der Waals surface area contributed by atoms with Crippen LogP contribution < -0.4 is 0 Å². The predicted octanol–water partition coefficient (Wildman–Crippen LogP) is 3.17. The minimum Gasteiger partial charge on any atom is -0.338 e. The molecule has 1 amide bonds. The van der Waals surface area contributed by atoms with Gasteiger partial charge in [-0.2, -0.15) is 0 Å². The first kappa shape index (κ1) is 15.4. The Morgan fingerprint density at radius 3 is 2.55 bits per heavy atom. The number of benzene rings is 1. The molecule has 108 valence electrons. The molecule has 0 aromatic heterocycles. The van der Waals surface area contributed by atoms with Crippen molar-refractivity contribution in [2.45, 2.75) is 6.42 Å². The summed E-state index contributed by atoms with van der Waals surface area (Å²) in [6, 6.07) is 5.31. The van der Waals surface area contributed by atoms with E-state index in [1.165, 1.54) is 0 Å². The molecule has 1 saturated heterocycles. The summed E-state index contributed by atoms with van der Waals surface area (Å²) in [5, 5.41) is 1.11. The van der Waals surface area contributed by atoms with Crippen LogP contribution in [-0.2, 0) is 4.79 Å². The molecule has 1 aliphatic rings. The van der Waals surface area contributed by atoms with Crippen LogP contribution in [0.1, 0.15) is 12.0 Å². The van der Waals surface area contributed by atoms with Gasteiger partial charge in [-0.1, -0.05) is 29.3 Å². The van der Waals surface area contributed by atoms with E-state index in [2.05, 4.69) is 11.9 Å². The molecule has 0 radical (unpaired) electrons. The topological polar surface area (TPSA) is 23.6 Å². The molecule has 0 aliphatic carbocycles. The van der Waals surface area contributed by atoms with Gasteiger partial charge in [-0.3, -0.25) is 4.79 Å². The molecule has 0 saturated carbocycles. The second-order valence-corrected chi connectivity index (χ2v) is 5.77. The average molecular weight is 313 g/mol. The fourth-order valence-corrected chi connectivity index (χ4v) is 2.72. The molecule has 1 fully saturated rings. The molecule has 3 nitrogen and oxygen atoms in total. The largest absolute Gasteiger partial charge is 0.338 e. The molecule has 0 bridgehead atoms. The fourth-order valence-electron chi connectivity index (χ4n) is 2.20. The third kappa shape index (κ3) is 3.98. The van der Waals surface area contributed by atoms with E-state index in [1.54, 1.807) is 30.4 Å². The molecule has 0 unspecified atom stereocenters. The number of carbonyl (C=O) groups excluding carboxylic acids is 1. The number of hydrogen-bond donors (Lipinski definition) is 0. The van der Waals surface area contributed by atoms with Crippen molar-refractivity contribution in [2.24, 2.45) is 0 Å². The third-order valence-corrected chi connectivity index (χ3v) is 4.08. The molecule has 0 N–H and O–H groups in total. The Labute approximate surface area is 129 Å². The van der Waals surface area contributed by atoms with Crippen LogP contribution in [0.15, 0.2) is 24.3 Å². The number of likely N-dealkylation sites (N-methyl/N-ethyl adjacent to an activating group) is 1. The Balaban J connectivity index is 2.05. The summed E-state index contributed by atoms with van der Waals surface area (Å²) in [4.78, 5) is 16.3. The maximum absolute atomic E-state index is 12.2. The quantitative estimate of drug-likeness (QED) is 0.783. The Bertz CT molecular complexity index is 496. The summed E-state index contributed by atoms with van der Waals surface area (Å²) < 4.78 is 0. The normalized spacial score (nSPS) is 17.4. The summed E-state index contributed by atoms with van der Waals surface area (Å²) >= 11 is 12.2. The van der Waals surface area contributed by atoms with Crippen LogP contribution in [0.2, 0.25) is 10.0 Å². The molecule has 1 heterocycles. The van der Waals surface area contributed by atoms with Gasteiger partial charge in [-0.15, -0.1) is 0 Å². The van der Waals surface area contributed by atoms with Crippen molar-refractivity contribution in [3.05, 3.63) is 39.9 Å². The van der Waals surface area contributed by atoms with Gasteiger partial charge in [0.1, 0.15) is 0 Å². The number of rotatable bonds is 2. The highest BCUT2D eigenvalue weighted by molar-refractivity contribution is 6.37. The number of halogens is 2. The first-order chi connectivity index (χ1) is 9.58. The standard InChI is InChI=1S/C15H18Cl2N2O/c1-18-8-3-9-19(11-10-18)15(20)7-6-12-13(16)4-2-5-14(12)17/h2,4-7H,3,8-11H2,1H3/b7-6+. The predicted molar refractivity (Wildman–Crippen MR) is 84.2 cm³/mol. The van der Waals surface area contributed by atoms with Gasteiger partial charge in [0, 0.05) is 41.3 Å². The minimum absolute atomic E-state index is 0.0105. The van der Waals surface area contributed by atoms with Gasteiger partial charge in [-0.25, -0.2) is 0 Å². The van der Waals surface area contributed by atoms with Crippen LogP contribution in [-0.4, -0.2) is 48.9 Å². The summed E-state index contributed by atoms with van der Waals surface area (Å²) in [5.74, 6) is 0.0105. The number of amides is 1. The lowest BCUT2D eigenvalue weighted by Crippen LogP contribution is -2.33. The zero-order valence-corrected chi connectivity index (χ0v) is 13.0. The molecule has 1 aromatic rings. The van der Waals surface area contributed by atoms with Crippen molar-refractivity contribution in [2.75, 3.05) is 33.2 Å². The molecule has 5 heteroatoms. The summed E-state index contributed by atoms with van der Waals surface area (Å²) in [6.07, 6.45) is 4.25. The van der Waals surface area contributed by atoms with E-state index in [-0.39, 0.29) is 5.91 Å². The molecule has 20 heavy (non-hydrogen) atoms. The van der Waals surface area contributed by atoms with Crippen LogP contribution in [0.4, 0.5) is 0 Å². The van der Waals surface area contributed by atoms with E-state index in [0.29, 0.717) is 15.6 Å². The molecule has 0 atom stereocenters. The fraction of sp³-hybridized carbons (Fsp3) is 0.400. The van der Waals surface area contributed by atoms with E-state index in [4.69, 9.17) is 23.2 Å². The lowest BCUT2D eigenvalue weighted by molar-refractivity contribution is -0.125. The van der Waals surface area contributed by atoms with Gasteiger partial charge in [0.2, 0.25) is 5.91 Å². The molecular weight excluding hydrogens is 295 g/mol. The van der Waals surface area contributed by atoms with E-state index in [1.807, 2.05) is 4.90 Å². The molecule has 0 spiro atoms. The maximum atomic E-state index is 12.2. The Morgan fingerprint density at radius 2 is 1.85 bits per heavy atom. The zero-order chi connectivity index (χ0) is 14.5. The van der Waals surface area contributed by atoms with Crippen molar-refractivity contribution < 1.29 is 4.79 Å². The van der Waals surface area contributed by atoms with Gasteiger partial charge in [0.05, 0.1) is 0 Å². The number of hydrogen-bond acceptors (Lipinski definition) is 2. The highest BCUT2D eigenvalue weighted by Gasteiger charge is 2.15. The molecule has 2 rings (SSSR count). The van der Waals surface area contributed by atoms with Crippen molar-refractivity contribution in [3.8, 4) is 0 Å². The summed E-state index contributed by atoms with van der Waals surface area (Å²) in [6.45, 7) is 3.50. The van der Waals surface area contributed by atoms with E-state index in [0.717, 1.165) is 32.6 Å². The molecular formula is C15H18Cl2N2O. The van der Waals surface area contributed by atoms with Gasteiger partial charge < -0.3 is 9.80 Å². The van der Waals surface area contributed by atoms with Gasteiger partial charge in [0.15, 0.2) is 0 Å². The molecule has 1 aromatic carbocycles. The van der Waals surface area contributed by atoms with E-state index >= 15 is 0 Å². The van der Waals surface area contributed by atoms with Crippen LogP contribution in [0.5, 0.6) is 0 Å². The van der Waals surface area contributed by atoms with Crippen molar-refractivity contribution in [1.82, 2.24) is 9.80 Å². The van der Waals surface area contributed by atoms with Crippen molar-refractivity contribution >= 4 is 35.2 Å². The average Bonchev–Trinajstić information content (AvgIpc) is 2.63. The highest BCUT2D eigenvalue weighted by atomic mass is 35.5. The first-order valence-electron chi connectivity index (χ1n) is 6.67. The Morgan fingerprint density at radius 1 is 1.15 bits per heavy atom. The summed E-state index contributed by atoms with van der Waals surface area (Å²) in [5.41, 5.74) is 0.691. The monoisotopic (exact) mass is 312 g/mol.